The first kappa shape index (κ1) is 19.8. The van der Waals surface area contributed by atoms with E-state index in [1.54, 1.807) is 17.5 Å². The van der Waals surface area contributed by atoms with Crippen LogP contribution in [0.3, 0.4) is 0 Å². The van der Waals surface area contributed by atoms with Crippen molar-refractivity contribution in [3.8, 4) is 0 Å². The van der Waals surface area contributed by atoms with Gasteiger partial charge in [-0.3, -0.25) is 4.79 Å². The molecule has 4 rings (SSSR count). The molecule has 3 aromatic rings. The van der Waals surface area contributed by atoms with E-state index in [1.807, 2.05) is 50.2 Å². The lowest BCUT2D eigenvalue weighted by Gasteiger charge is -2.28. The Hall–Kier alpha value is -2.48. The largest absolute Gasteiger partial charge is 0.322 e. The van der Waals surface area contributed by atoms with Gasteiger partial charge in [-0.2, -0.15) is 4.31 Å². The van der Waals surface area contributed by atoms with Crippen molar-refractivity contribution in [1.82, 2.24) is 4.31 Å². The van der Waals surface area contributed by atoms with Crippen molar-refractivity contribution < 1.29 is 13.2 Å². The topological polar surface area (TPSA) is 66.5 Å². The Morgan fingerprint density at radius 2 is 1.90 bits per heavy atom. The lowest BCUT2D eigenvalue weighted by atomic mass is 10.00. The van der Waals surface area contributed by atoms with Gasteiger partial charge in [0.25, 0.3) is 15.9 Å². The number of hydrogen-bond donors (Lipinski definition) is 1. The monoisotopic (exact) mass is 426 g/mol. The highest BCUT2D eigenvalue weighted by Crippen LogP contribution is 2.29. The third-order valence-electron chi connectivity index (χ3n) is 5.16. The van der Waals surface area contributed by atoms with E-state index in [9.17, 15) is 13.2 Å². The van der Waals surface area contributed by atoms with Crippen molar-refractivity contribution in [2.24, 2.45) is 0 Å². The van der Waals surface area contributed by atoms with Gasteiger partial charge in [0.15, 0.2) is 0 Å². The fourth-order valence-electron chi connectivity index (χ4n) is 3.62. The molecule has 1 aromatic heterocycles. The molecule has 29 heavy (non-hydrogen) atoms. The Labute approximate surface area is 175 Å². The molecule has 0 aliphatic carbocycles. The Balaban J connectivity index is 1.55. The van der Waals surface area contributed by atoms with E-state index >= 15 is 0 Å². The zero-order valence-corrected chi connectivity index (χ0v) is 17.9. The lowest BCUT2D eigenvalue weighted by Crippen LogP contribution is -2.35. The molecule has 1 aliphatic rings. The summed E-state index contributed by atoms with van der Waals surface area (Å²) in [5.41, 5.74) is 5.38. The van der Waals surface area contributed by atoms with Gasteiger partial charge in [0.05, 0.1) is 0 Å². The van der Waals surface area contributed by atoms with Gasteiger partial charge >= 0.3 is 0 Å². The highest BCUT2D eigenvalue weighted by atomic mass is 32.2. The molecule has 0 saturated carbocycles. The van der Waals surface area contributed by atoms with Crippen LogP contribution in [0, 0.1) is 13.8 Å². The minimum Gasteiger partial charge on any atom is -0.322 e. The molecule has 150 valence electrons. The van der Waals surface area contributed by atoms with Crippen molar-refractivity contribution in [3.05, 3.63) is 81.7 Å². The van der Waals surface area contributed by atoms with E-state index in [0.717, 1.165) is 22.3 Å². The highest BCUT2D eigenvalue weighted by Gasteiger charge is 2.29. The van der Waals surface area contributed by atoms with Crippen LogP contribution in [0.25, 0.3) is 0 Å². The van der Waals surface area contributed by atoms with Crippen LogP contribution in [0.5, 0.6) is 0 Å². The molecule has 0 spiro atoms. The van der Waals surface area contributed by atoms with Crippen LogP contribution in [0.15, 0.2) is 58.1 Å². The molecule has 5 nitrogen and oxygen atoms in total. The predicted octanol–water partition coefficient (Wildman–Crippen LogP) is 4.36. The molecular weight excluding hydrogens is 404 g/mol. The first-order valence-corrected chi connectivity index (χ1v) is 11.7. The summed E-state index contributed by atoms with van der Waals surface area (Å²) in [4.78, 5) is 12.7. The lowest BCUT2D eigenvalue weighted by molar-refractivity contribution is 0.102. The van der Waals surface area contributed by atoms with Crippen molar-refractivity contribution in [3.63, 3.8) is 0 Å². The van der Waals surface area contributed by atoms with Crippen molar-refractivity contribution in [1.29, 1.82) is 0 Å². The second-order valence-electron chi connectivity index (χ2n) is 7.28. The minimum atomic E-state index is -3.49. The molecule has 1 amide bonds. The first-order chi connectivity index (χ1) is 13.8. The van der Waals surface area contributed by atoms with Crippen molar-refractivity contribution >= 4 is 33.0 Å². The quantitative estimate of drug-likeness (QED) is 0.674. The number of rotatable bonds is 4. The molecule has 0 bridgehead atoms. The number of anilines is 1. The summed E-state index contributed by atoms with van der Waals surface area (Å²) < 4.78 is 27.5. The normalized spacial score (nSPS) is 14.4. The number of carbonyl (C=O) groups is 1. The third kappa shape index (κ3) is 3.99. The molecule has 7 heteroatoms. The van der Waals surface area contributed by atoms with Gasteiger partial charge in [0.2, 0.25) is 0 Å². The number of thiophene rings is 1. The maximum Gasteiger partial charge on any atom is 0.255 e. The van der Waals surface area contributed by atoms with Gasteiger partial charge < -0.3 is 5.32 Å². The molecule has 0 radical (unpaired) electrons. The van der Waals surface area contributed by atoms with Gasteiger partial charge in [-0.25, -0.2) is 8.42 Å². The van der Waals surface area contributed by atoms with Crippen LogP contribution in [-0.2, 0) is 23.0 Å². The van der Waals surface area contributed by atoms with Gasteiger partial charge in [0, 0.05) is 24.3 Å². The molecule has 2 aromatic carbocycles. The Bertz CT molecular complexity index is 1170. The smallest absolute Gasteiger partial charge is 0.255 e. The maximum atomic E-state index is 12.8. The number of aryl methyl sites for hydroxylation is 2. The number of benzene rings is 2. The first-order valence-electron chi connectivity index (χ1n) is 9.38. The number of sulfonamides is 1. The summed E-state index contributed by atoms with van der Waals surface area (Å²) in [6.07, 6.45) is 0.658. The summed E-state index contributed by atoms with van der Waals surface area (Å²) in [7, 11) is -3.49. The predicted molar refractivity (Wildman–Crippen MR) is 116 cm³/mol. The van der Waals surface area contributed by atoms with Crippen molar-refractivity contribution in [2.75, 3.05) is 11.9 Å². The number of nitrogens with one attached hydrogen (secondary N) is 1. The van der Waals surface area contributed by atoms with Crippen LogP contribution >= 0.6 is 11.3 Å². The Kier molecular flexibility index (Phi) is 5.29. The van der Waals surface area contributed by atoms with E-state index in [2.05, 4.69) is 5.32 Å². The Morgan fingerprint density at radius 1 is 1.07 bits per heavy atom. The van der Waals surface area contributed by atoms with Gasteiger partial charge in [-0.15, -0.1) is 11.3 Å². The number of nitrogens with zero attached hydrogens (tertiary/aromatic N) is 1. The molecule has 0 fully saturated rings. The summed E-state index contributed by atoms with van der Waals surface area (Å²) in [5, 5.41) is 4.71. The van der Waals surface area contributed by atoms with Gasteiger partial charge in [0.1, 0.15) is 4.21 Å². The second-order valence-corrected chi connectivity index (χ2v) is 10.4. The standard InChI is InChI=1S/C22H22N2O3S2/c1-15-5-8-20(16(2)12-15)22(25)23-19-7-6-17-9-10-24(14-18(17)13-19)29(26,27)21-4-3-11-28-21/h3-8,11-13H,9-10,14H2,1-2H3,(H,23,25). The van der Waals surface area contributed by atoms with E-state index in [4.69, 9.17) is 0 Å². The van der Waals surface area contributed by atoms with Crippen LogP contribution in [0.1, 0.15) is 32.6 Å². The number of carbonyl (C=O) groups excluding carboxylic acids is 1. The molecular formula is C22H22N2O3S2. The van der Waals surface area contributed by atoms with E-state index in [-0.39, 0.29) is 5.91 Å². The maximum absolute atomic E-state index is 12.8. The number of amides is 1. The van der Waals surface area contributed by atoms with Crippen LogP contribution in [-0.4, -0.2) is 25.2 Å². The van der Waals surface area contributed by atoms with E-state index in [0.29, 0.717) is 35.0 Å². The average Bonchev–Trinajstić information content (AvgIpc) is 3.23. The summed E-state index contributed by atoms with van der Waals surface area (Å²) >= 11 is 1.23. The third-order valence-corrected chi connectivity index (χ3v) is 8.38. The summed E-state index contributed by atoms with van der Waals surface area (Å²) in [6, 6.07) is 14.8. The summed E-state index contributed by atoms with van der Waals surface area (Å²) in [6.45, 7) is 4.68. The average molecular weight is 427 g/mol. The van der Waals surface area contributed by atoms with Gasteiger partial charge in [-0.1, -0.05) is 29.8 Å². The molecule has 2 heterocycles. The fraction of sp³-hybridized carbons (Fsp3) is 0.227. The zero-order chi connectivity index (χ0) is 20.6. The van der Waals surface area contributed by atoms with E-state index < -0.39 is 10.0 Å². The molecule has 1 N–H and O–H groups in total. The van der Waals surface area contributed by atoms with Crippen LogP contribution in [0.4, 0.5) is 5.69 Å². The SMILES string of the molecule is Cc1ccc(C(=O)Nc2ccc3c(c2)CN(S(=O)(=O)c2cccs2)CC3)c(C)c1. The van der Waals surface area contributed by atoms with Crippen LogP contribution in [0.2, 0.25) is 0 Å². The Morgan fingerprint density at radius 3 is 2.62 bits per heavy atom. The molecule has 1 aliphatic heterocycles. The molecule has 0 saturated heterocycles. The van der Waals surface area contributed by atoms with Crippen molar-refractivity contribution in [2.45, 2.75) is 31.0 Å². The number of fused-ring (bicyclic) bond motifs is 1. The van der Waals surface area contributed by atoms with Crippen LogP contribution < -0.4 is 5.32 Å². The minimum absolute atomic E-state index is 0.165. The summed E-state index contributed by atoms with van der Waals surface area (Å²) in [5.74, 6) is -0.165. The fourth-order valence-corrected chi connectivity index (χ4v) is 6.18. The second kappa shape index (κ2) is 7.74. The number of hydrogen-bond acceptors (Lipinski definition) is 4. The molecule has 0 unspecified atom stereocenters. The zero-order valence-electron chi connectivity index (χ0n) is 16.3. The highest BCUT2D eigenvalue weighted by molar-refractivity contribution is 7.91. The van der Waals surface area contributed by atoms with E-state index in [1.165, 1.54) is 15.6 Å². The van der Waals surface area contributed by atoms with Gasteiger partial charge in [-0.05, 0) is 66.6 Å². The molecule has 0 atom stereocenters.